The highest BCUT2D eigenvalue weighted by atomic mass is 16.3. The van der Waals surface area contributed by atoms with Gasteiger partial charge in [-0.1, -0.05) is 86.5 Å². The fraction of sp³-hybridized carbons (Fsp3) is 1.00. The first-order valence-corrected chi connectivity index (χ1v) is 9.47. The van der Waals surface area contributed by atoms with Crippen LogP contribution in [0.5, 0.6) is 0 Å². The van der Waals surface area contributed by atoms with E-state index in [1.165, 1.54) is 51.4 Å². The summed E-state index contributed by atoms with van der Waals surface area (Å²) in [6, 6.07) is 0. The summed E-state index contributed by atoms with van der Waals surface area (Å²) in [5, 5.41) is 9.67. The van der Waals surface area contributed by atoms with Crippen LogP contribution < -0.4 is 0 Å². The van der Waals surface area contributed by atoms with Crippen molar-refractivity contribution in [2.24, 2.45) is 29.6 Å². The predicted molar refractivity (Wildman–Crippen MR) is 95.5 cm³/mol. The molecule has 21 heavy (non-hydrogen) atoms. The van der Waals surface area contributed by atoms with E-state index in [9.17, 15) is 5.11 Å². The Labute approximate surface area is 134 Å². The molecule has 0 amide bonds. The molecule has 3 atom stereocenters. The van der Waals surface area contributed by atoms with Crippen LogP contribution in [0.4, 0.5) is 0 Å². The largest absolute Gasteiger partial charge is 0.396 e. The topological polar surface area (TPSA) is 20.2 Å². The van der Waals surface area contributed by atoms with Crippen molar-refractivity contribution < 1.29 is 5.11 Å². The number of hydrogen-bond donors (Lipinski definition) is 1. The lowest BCUT2D eigenvalue weighted by molar-refractivity contribution is 0.158. The van der Waals surface area contributed by atoms with E-state index in [0.717, 1.165) is 17.8 Å². The maximum Gasteiger partial charge on any atom is 0.0461 e. The normalized spacial score (nSPS) is 16.4. The second kappa shape index (κ2) is 12.5. The van der Waals surface area contributed by atoms with Crippen molar-refractivity contribution in [2.45, 2.75) is 92.9 Å². The van der Waals surface area contributed by atoms with E-state index >= 15 is 0 Å². The first-order chi connectivity index (χ1) is 9.86. The van der Waals surface area contributed by atoms with E-state index in [1.54, 1.807) is 0 Å². The lowest BCUT2D eigenvalue weighted by Gasteiger charge is -2.24. The molecule has 0 spiro atoms. The van der Waals surface area contributed by atoms with Crippen LogP contribution in [0.2, 0.25) is 0 Å². The van der Waals surface area contributed by atoms with Gasteiger partial charge in [0.1, 0.15) is 0 Å². The van der Waals surface area contributed by atoms with Crippen molar-refractivity contribution >= 4 is 0 Å². The van der Waals surface area contributed by atoms with Crippen molar-refractivity contribution in [2.75, 3.05) is 6.61 Å². The van der Waals surface area contributed by atoms with Crippen LogP contribution >= 0.6 is 0 Å². The summed E-state index contributed by atoms with van der Waals surface area (Å²) in [6.45, 7) is 14.3. The van der Waals surface area contributed by atoms with Crippen LogP contribution in [-0.2, 0) is 0 Å². The number of rotatable bonds is 13. The van der Waals surface area contributed by atoms with Crippen molar-refractivity contribution in [1.82, 2.24) is 0 Å². The molecule has 1 heteroatoms. The number of hydrogen-bond acceptors (Lipinski definition) is 1. The summed E-state index contributed by atoms with van der Waals surface area (Å²) >= 11 is 0. The molecule has 0 heterocycles. The molecule has 128 valence electrons. The van der Waals surface area contributed by atoms with Gasteiger partial charge >= 0.3 is 0 Å². The standard InChI is InChI=1S/C20H42O/c1-16(2)9-7-11-18(5)13-14-20(15-21)19(6)12-8-10-17(3)4/h16-21H,7-15H2,1-6H3. The Bertz CT molecular complexity index is 222. The van der Waals surface area contributed by atoms with Gasteiger partial charge in [0, 0.05) is 6.61 Å². The SMILES string of the molecule is CC(C)CCCC(C)CCC(CO)C(C)CCCC(C)C. The Kier molecular flexibility index (Phi) is 12.5. The zero-order valence-electron chi connectivity index (χ0n) is 15.7. The molecule has 0 aromatic heterocycles. The summed E-state index contributed by atoms with van der Waals surface area (Å²) in [5.74, 6) is 3.66. The van der Waals surface area contributed by atoms with Crippen molar-refractivity contribution in [1.29, 1.82) is 0 Å². The first-order valence-electron chi connectivity index (χ1n) is 9.47. The molecular formula is C20H42O. The third-order valence-corrected chi connectivity index (χ3v) is 4.99. The zero-order valence-corrected chi connectivity index (χ0v) is 15.7. The van der Waals surface area contributed by atoms with Crippen LogP contribution in [0.25, 0.3) is 0 Å². The van der Waals surface area contributed by atoms with E-state index < -0.39 is 0 Å². The molecular weight excluding hydrogens is 256 g/mol. The van der Waals surface area contributed by atoms with Crippen LogP contribution in [0.15, 0.2) is 0 Å². The lowest BCUT2D eigenvalue weighted by Crippen LogP contribution is -2.17. The second-order valence-corrected chi connectivity index (χ2v) is 8.25. The maximum absolute atomic E-state index is 9.67. The van der Waals surface area contributed by atoms with Crippen LogP contribution in [0, 0.1) is 29.6 Å². The minimum atomic E-state index is 0.377. The van der Waals surface area contributed by atoms with Gasteiger partial charge in [-0.3, -0.25) is 0 Å². The number of aliphatic hydroxyl groups is 1. The molecule has 0 aromatic rings. The van der Waals surface area contributed by atoms with Gasteiger partial charge < -0.3 is 5.11 Å². The first kappa shape index (κ1) is 21.0. The average Bonchev–Trinajstić information content (AvgIpc) is 2.38. The summed E-state index contributed by atoms with van der Waals surface area (Å²) in [6.07, 6.45) is 10.5. The molecule has 0 saturated carbocycles. The molecule has 0 bridgehead atoms. The van der Waals surface area contributed by atoms with E-state index in [1.807, 2.05) is 0 Å². The molecule has 0 fully saturated rings. The smallest absolute Gasteiger partial charge is 0.0461 e. The van der Waals surface area contributed by atoms with Gasteiger partial charge in [-0.15, -0.1) is 0 Å². The minimum Gasteiger partial charge on any atom is -0.396 e. The van der Waals surface area contributed by atoms with Gasteiger partial charge in [-0.25, -0.2) is 0 Å². The molecule has 3 unspecified atom stereocenters. The van der Waals surface area contributed by atoms with Gasteiger partial charge in [0.2, 0.25) is 0 Å². The maximum atomic E-state index is 9.67. The van der Waals surface area contributed by atoms with Crippen molar-refractivity contribution in [3.8, 4) is 0 Å². The van der Waals surface area contributed by atoms with Crippen LogP contribution in [0.3, 0.4) is 0 Å². The highest BCUT2D eigenvalue weighted by Crippen LogP contribution is 2.26. The fourth-order valence-corrected chi connectivity index (χ4v) is 3.16. The summed E-state index contributed by atoms with van der Waals surface area (Å²) in [5.41, 5.74) is 0. The highest BCUT2D eigenvalue weighted by Gasteiger charge is 2.17. The monoisotopic (exact) mass is 298 g/mol. The molecule has 0 saturated heterocycles. The zero-order chi connectivity index (χ0) is 16.3. The Morgan fingerprint density at radius 1 is 0.619 bits per heavy atom. The molecule has 0 aromatic carbocycles. The van der Waals surface area contributed by atoms with Crippen LogP contribution in [-0.4, -0.2) is 11.7 Å². The second-order valence-electron chi connectivity index (χ2n) is 8.25. The molecule has 1 N–H and O–H groups in total. The molecule has 1 nitrogen and oxygen atoms in total. The molecule has 0 aliphatic rings. The minimum absolute atomic E-state index is 0.377. The van der Waals surface area contributed by atoms with E-state index in [0.29, 0.717) is 18.4 Å². The highest BCUT2D eigenvalue weighted by molar-refractivity contribution is 4.68. The quantitative estimate of drug-likeness (QED) is 0.423. The van der Waals surface area contributed by atoms with Gasteiger partial charge in [0.15, 0.2) is 0 Å². The van der Waals surface area contributed by atoms with E-state index in [-0.39, 0.29) is 0 Å². The Morgan fingerprint density at radius 2 is 1.14 bits per heavy atom. The third-order valence-electron chi connectivity index (χ3n) is 4.99. The Balaban J connectivity index is 3.85. The van der Waals surface area contributed by atoms with E-state index in [2.05, 4.69) is 41.5 Å². The molecule has 0 rings (SSSR count). The summed E-state index contributed by atoms with van der Waals surface area (Å²) in [4.78, 5) is 0. The third kappa shape index (κ3) is 12.2. The van der Waals surface area contributed by atoms with Gasteiger partial charge in [-0.2, -0.15) is 0 Å². The summed E-state index contributed by atoms with van der Waals surface area (Å²) in [7, 11) is 0. The Hall–Kier alpha value is -0.0400. The molecule has 0 aliphatic carbocycles. The lowest BCUT2D eigenvalue weighted by atomic mass is 9.83. The summed E-state index contributed by atoms with van der Waals surface area (Å²) < 4.78 is 0. The number of aliphatic hydroxyl groups excluding tert-OH is 1. The van der Waals surface area contributed by atoms with Gasteiger partial charge in [-0.05, 0) is 36.0 Å². The predicted octanol–water partition coefficient (Wildman–Crippen LogP) is 6.30. The van der Waals surface area contributed by atoms with Crippen molar-refractivity contribution in [3.05, 3.63) is 0 Å². The van der Waals surface area contributed by atoms with Gasteiger partial charge in [0.05, 0.1) is 0 Å². The molecule has 0 radical (unpaired) electrons. The average molecular weight is 299 g/mol. The Morgan fingerprint density at radius 3 is 1.62 bits per heavy atom. The van der Waals surface area contributed by atoms with Crippen molar-refractivity contribution in [3.63, 3.8) is 0 Å². The van der Waals surface area contributed by atoms with E-state index in [4.69, 9.17) is 0 Å². The fourth-order valence-electron chi connectivity index (χ4n) is 3.16. The van der Waals surface area contributed by atoms with Crippen LogP contribution in [0.1, 0.15) is 92.9 Å². The van der Waals surface area contributed by atoms with Gasteiger partial charge in [0.25, 0.3) is 0 Å². The molecule has 0 aliphatic heterocycles.